The lowest BCUT2D eigenvalue weighted by Crippen LogP contribution is -2.41. The number of carbonyl (C=O) groups is 1. The molecule has 14 nitrogen and oxygen atoms in total. The molecule has 1 aliphatic heterocycles. The molecule has 21 heteroatoms. The van der Waals surface area contributed by atoms with Crippen LogP contribution in [0.3, 0.4) is 0 Å². The Kier molecular flexibility index (Phi) is 33.7. The molecule has 73 heavy (non-hydrogen) atoms. The number of alkyl halides is 4. The maximum absolute atomic E-state index is 11.9. The maximum Gasteiger partial charge on any atom is 0.498 e. The maximum atomic E-state index is 11.9. The smallest absolute Gasteiger partial charge is 0.442 e. The summed E-state index contributed by atoms with van der Waals surface area (Å²) in [7, 11) is -0.536. The van der Waals surface area contributed by atoms with Gasteiger partial charge in [0.1, 0.15) is 5.60 Å². The van der Waals surface area contributed by atoms with Crippen LogP contribution in [-0.4, -0.2) is 81.8 Å². The van der Waals surface area contributed by atoms with Crippen LogP contribution < -0.4 is 22.1 Å². The minimum absolute atomic E-state index is 0.0283. The van der Waals surface area contributed by atoms with E-state index in [1.807, 2.05) is 115 Å². The van der Waals surface area contributed by atoms with E-state index in [4.69, 9.17) is 14.0 Å². The average molecular weight is 1580 g/mol. The summed E-state index contributed by atoms with van der Waals surface area (Å²) in [6.45, 7) is 21.8. The summed E-state index contributed by atoms with van der Waals surface area (Å²) >= 11 is 15.7. The molecule has 0 saturated carbocycles. The van der Waals surface area contributed by atoms with E-state index in [9.17, 15) is 19.2 Å². The number of nitrogens with one attached hydrogen (secondary N) is 2. The largest absolute Gasteiger partial charge is 0.498 e. The number of H-pyrrole nitrogens is 2. The van der Waals surface area contributed by atoms with Crippen molar-refractivity contribution >= 4 is 141 Å². The fourth-order valence-electron chi connectivity index (χ4n) is 5.35. The molecule has 1 fully saturated rings. The predicted molar refractivity (Wildman–Crippen MR) is 342 cm³/mol. The molecule has 6 heterocycles. The second kappa shape index (κ2) is 36.1. The molecular weight excluding hydrogens is 1510 g/mol. The summed E-state index contributed by atoms with van der Waals surface area (Å²) in [5.41, 5.74) is 2.77. The number of para-hydroxylation sites is 2. The van der Waals surface area contributed by atoms with Gasteiger partial charge in [-0.3, -0.25) is 28.6 Å². The van der Waals surface area contributed by atoms with Crippen LogP contribution >= 0.6 is 122 Å². The van der Waals surface area contributed by atoms with Crippen molar-refractivity contribution in [2.45, 2.75) is 93.0 Å². The van der Waals surface area contributed by atoms with Gasteiger partial charge in [0, 0.05) is 92.3 Å². The third-order valence-corrected chi connectivity index (χ3v) is 10.1. The Bertz CT molecular complexity index is 2740. The zero-order valence-corrected chi connectivity index (χ0v) is 54.8. The van der Waals surface area contributed by atoms with Gasteiger partial charge in [-0.1, -0.05) is 154 Å². The number of carbonyl (C=O) groups excluding carboxylic acids is 1. The Morgan fingerprint density at radius 3 is 1.53 bits per heavy atom. The van der Waals surface area contributed by atoms with Crippen LogP contribution in [0.5, 0.6) is 0 Å². The molecule has 0 amide bonds. The van der Waals surface area contributed by atoms with Gasteiger partial charge in [0.15, 0.2) is 0 Å². The highest BCUT2D eigenvalue weighted by atomic mass is 127. The van der Waals surface area contributed by atoms with Gasteiger partial charge in [-0.2, -0.15) is 14.9 Å². The number of aromatic nitrogens is 7. The van der Waals surface area contributed by atoms with Crippen molar-refractivity contribution < 1.29 is 18.8 Å². The van der Waals surface area contributed by atoms with E-state index in [1.165, 1.54) is 29.8 Å². The number of aromatic amines is 2. The molecule has 396 valence electrons. The predicted octanol–water partition coefficient (Wildman–Crippen LogP) is 13.7. The fourth-order valence-corrected chi connectivity index (χ4v) is 5.93. The van der Waals surface area contributed by atoms with Crippen molar-refractivity contribution in [2.75, 3.05) is 17.7 Å². The van der Waals surface area contributed by atoms with Crippen molar-refractivity contribution in [1.82, 2.24) is 34.1 Å². The van der Waals surface area contributed by atoms with Crippen molar-refractivity contribution in [3.63, 3.8) is 0 Å². The summed E-state index contributed by atoms with van der Waals surface area (Å²) in [5, 5.41) is 10.7. The first-order chi connectivity index (χ1) is 34.5. The highest BCUT2D eigenvalue weighted by molar-refractivity contribution is 14.1. The van der Waals surface area contributed by atoms with E-state index in [-0.39, 0.29) is 16.7 Å². The van der Waals surface area contributed by atoms with E-state index in [1.54, 1.807) is 70.6 Å². The molecule has 2 aromatic carbocycles. The van der Waals surface area contributed by atoms with Crippen LogP contribution in [-0.2, 0) is 14.0 Å². The zero-order valence-electron chi connectivity index (χ0n) is 43.0. The van der Waals surface area contributed by atoms with Crippen LogP contribution in [0.15, 0.2) is 164 Å². The van der Waals surface area contributed by atoms with Gasteiger partial charge >= 0.3 is 13.2 Å². The normalized spacial score (nSPS) is 12.4. The molecule has 0 bridgehead atoms. The lowest BCUT2D eigenvalue weighted by molar-refractivity contribution is 0.00578. The second-order valence-electron chi connectivity index (χ2n) is 16.6. The second-order valence-corrected chi connectivity index (χ2v) is 24.5. The number of halogens is 6. The van der Waals surface area contributed by atoms with Crippen molar-refractivity contribution in [1.29, 1.82) is 0 Å². The van der Waals surface area contributed by atoms with Crippen molar-refractivity contribution in [3.05, 3.63) is 180 Å². The van der Waals surface area contributed by atoms with Gasteiger partial charge in [0.2, 0.25) is 5.56 Å². The number of ether oxygens (including phenoxy) is 1. The fraction of sp³-hybridized carbons (Fsp3) is 0.346. The first-order valence-corrected chi connectivity index (χ1v) is 30.6. The van der Waals surface area contributed by atoms with Crippen LogP contribution in [0.1, 0.15) is 76.2 Å². The quantitative estimate of drug-likeness (QED) is 0.0990. The molecule has 0 spiro atoms. The summed E-state index contributed by atoms with van der Waals surface area (Å²) in [5.74, 6) is 0. The Morgan fingerprint density at radius 2 is 1.11 bits per heavy atom. The van der Waals surface area contributed by atoms with Gasteiger partial charge < -0.3 is 19.0 Å². The standard InChI is InChI=1S/C14H23BN2O4.C14H11N3O.C11H8BrNO.C5H4BrNO.4C2H5I/c1-12(2,3)19-11(18)17-9-10(8-16-17)15-20-13(4,5)14(6,7)21-15;18-14-7-6-11(12-8-15-16-9-12)10-17(14)13-4-2-1-3-5-13;12-9-6-7-11(14)13(8-9)10-4-2-1-3-5-10;6-4-1-2-5(8)7-3-4;4*1-2-3/h8-9H,1-7H3;1-10H,(H,15,16);1-8H;1-3H,(H,7,8);4*2H2,1H3. The number of pyridine rings is 3. The Balaban J connectivity index is 0.000000467. The first-order valence-electron chi connectivity index (χ1n) is 22.9. The summed E-state index contributed by atoms with van der Waals surface area (Å²) in [6, 6.07) is 28.9. The molecule has 0 unspecified atom stereocenters. The topological polar surface area (TPSA) is 168 Å². The van der Waals surface area contributed by atoms with Crippen LogP contribution in [0.4, 0.5) is 4.79 Å². The molecule has 7 aromatic rings. The molecular formula is C52H66BBr2I4N7O7. The van der Waals surface area contributed by atoms with E-state index < -0.39 is 30.0 Å². The van der Waals surface area contributed by atoms with Gasteiger partial charge in [0.05, 0.1) is 17.4 Å². The number of nitrogens with zero attached hydrogens (tertiary/aromatic N) is 5. The first kappa shape index (κ1) is 68.1. The highest BCUT2D eigenvalue weighted by Crippen LogP contribution is 2.36. The highest BCUT2D eigenvalue weighted by Gasteiger charge is 2.52. The SMILES string of the molecule is CC(C)(C)OC(=O)n1cc(B2OC(C)(C)C(C)(C)O2)cn1.CCI.CCI.CCI.CCI.O=c1ccc(-c2cn[nH]c2)cn1-c1ccccc1.O=c1ccc(Br)c[nH]1.O=c1ccc(Br)cn1-c1ccccc1. The minimum atomic E-state index is -0.562. The number of benzene rings is 2. The molecule has 0 aliphatic carbocycles. The summed E-state index contributed by atoms with van der Waals surface area (Å²) in [4.78, 5) is 48.2. The van der Waals surface area contributed by atoms with Gasteiger partial charge in [0.25, 0.3) is 11.1 Å². The molecule has 2 N–H and O–H groups in total. The molecule has 0 atom stereocenters. The van der Waals surface area contributed by atoms with E-state index in [0.29, 0.717) is 5.46 Å². The monoisotopic (exact) mass is 1580 g/mol. The van der Waals surface area contributed by atoms with Gasteiger partial charge in [-0.25, -0.2) is 4.79 Å². The van der Waals surface area contributed by atoms with Crippen molar-refractivity contribution in [3.8, 4) is 22.5 Å². The zero-order chi connectivity index (χ0) is 55.2. The van der Waals surface area contributed by atoms with Crippen LogP contribution in [0, 0.1) is 0 Å². The summed E-state index contributed by atoms with van der Waals surface area (Å²) < 4.78 is 28.1. The molecule has 0 radical (unpaired) electrons. The Hall–Kier alpha value is -2.96. The van der Waals surface area contributed by atoms with Crippen molar-refractivity contribution in [2.24, 2.45) is 0 Å². The third kappa shape index (κ3) is 26.1. The number of rotatable bonds is 4. The lowest BCUT2D eigenvalue weighted by Gasteiger charge is -2.32. The average Bonchev–Trinajstić information content (AvgIpc) is 4.11. The summed E-state index contributed by atoms with van der Waals surface area (Å²) in [6.07, 6.45) is 11.3. The Labute approximate surface area is 501 Å². The van der Waals surface area contributed by atoms with Gasteiger partial charge in [-0.15, -0.1) is 0 Å². The lowest BCUT2D eigenvalue weighted by atomic mass is 9.82. The van der Waals surface area contributed by atoms with Gasteiger partial charge in [-0.05, 0) is 141 Å². The van der Waals surface area contributed by atoms with Crippen LogP contribution in [0.2, 0.25) is 0 Å². The van der Waals surface area contributed by atoms with E-state index in [2.05, 4.69) is 170 Å². The number of hydrogen-bond acceptors (Lipinski definition) is 9. The molecule has 5 aromatic heterocycles. The minimum Gasteiger partial charge on any atom is -0.442 e. The molecule has 8 rings (SSSR count). The Morgan fingerprint density at radius 1 is 0.644 bits per heavy atom. The van der Waals surface area contributed by atoms with Crippen LogP contribution in [0.25, 0.3) is 22.5 Å². The molecule has 1 saturated heterocycles. The van der Waals surface area contributed by atoms with E-state index in [0.717, 1.165) is 36.1 Å². The number of hydrogen-bond donors (Lipinski definition) is 2. The molecule has 1 aliphatic rings. The van der Waals surface area contributed by atoms with E-state index >= 15 is 0 Å². The third-order valence-electron chi connectivity index (χ3n) is 9.14.